The Kier molecular flexibility index (Phi) is 1.98. The molecule has 0 aromatic heterocycles. The van der Waals surface area contributed by atoms with Crippen molar-refractivity contribution in [3.63, 3.8) is 0 Å². The Morgan fingerprint density at radius 1 is 1.25 bits per heavy atom. The number of sulfone groups is 1. The van der Waals surface area contributed by atoms with E-state index in [2.05, 4.69) is 0 Å². The quantitative estimate of drug-likeness (QED) is 0.753. The van der Waals surface area contributed by atoms with E-state index < -0.39 is 15.7 Å². The van der Waals surface area contributed by atoms with E-state index in [1.165, 1.54) is 6.07 Å². The number of rotatable bonds is 1. The van der Waals surface area contributed by atoms with Crippen LogP contribution in [0.2, 0.25) is 0 Å². The van der Waals surface area contributed by atoms with Gasteiger partial charge in [-0.1, -0.05) is 18.2 Å². The highest BCUT2D eigenvalue weighted by Gasteiger charge is 2.35. The summed E-state index contributed by atoms with van der Waals surface area (Å²) < 4.78 is 37.2. The Labute approximate surface area is 93.7 Å². The minimum atomic E-state index is -3.46. The summed E-state index contributed by atoms with van der Waals surface area (Å²) in [6.07, 6.45) is 3.92. The van der Waals surface area contributed by atoms with E-state index in [0.29, 0.717) is 11.5 Å². The molecule has 0 saturated heterocycles. The molecule has 0 unspecified atom stereocenters. The zero-order chi connectivity index (χ0) is 11.3. The molecule has 1 fully saturated rings. The molecule has 2 aliphatic rings. The molecule has 4 heteroatoms. The van der Waals surface area contributed by atoms with E-state index in [0.717, 1.165) is 18.4 Å². The predicted octanol–water partition coefficient (Wildman–Crippen LogP) is 2.41. The maximum Gasteiger partial charge on any atom is 0.185 e. The second-order valence-corrected chi connectivity index (χ2v) is 6.30. The van der Waals surface area contributed by atoms with E-state index in [4.69, 9.17) is 0 Å². The Balaban J connectivity index is 2.28. The monoisotopic (exact) mass is 238 g/mol. The van der Waals surface area contributed by atoms with Crippen LogP contribution in [0.15, 0.2) is 29.2 Å². The maximum atomic E-state index is 13.6. The number of hydrogen-bond donors (Lipinski definition) is 0. The van der Waals surface area contributed by atoms with Crippen molar-refractivity contribution in [3.05, 3.63) is 35.7 Å². The van der Waals surface area contributed by atoms with Crippen LogP contribution in [0, 0.1) is 11.7 Å². The highest BCUT2D eigenvalue weighted by Crippen LogP contribution is 2.45. The standard InChI is InChI=1S/C12H11FO2S/c13-11-3-1-2-10-9(8-4-5-8)6-7-16(14,15)12(10)11/h1-3,6,8H,4-5,7H2. The zero-order valence-corrected chi connectivity index (χ0v) is 9.43. The minimum absolute atomic E-state index is 0.0627. The summed E-state index contributed by atoms with van der Waals surface area (Å²) in [6.45, 7) is 0. The fourth-order valence-electron chi connectivity index (χ4n) is 2.23. The Morgan fingerprint density at radius 3 is 2.69 bits per heavy atom. The van der Waals surface area contributed by atoms with Crippen LogP contribution in [0.3, 0.4) is 0 Å². The van der Waals surface area contributed by atoms with Gasteiger partial charge in [0.05, 0.1) is 5.75 Å². The largest absolute Gasteiger partial charge is 0.223 e. The third-order valence-corrected chi connectivity index (χ3v) is 4.77. The highest BCUT2D eigenvalue weighted by atomic mass is 32.2. The third-order valence-electron chi connectivity index (χ3n) is 3.13. The lowest BCUT2D eigenvalue weighted by Gasteiger charge is -2.18. The SMILES string of the molecule is O=S1(=O)CC=C(C2CC2)c2cccc(F)c21. The average molecular weight is 238 g/mol. The molecule has 1 aromatic carbocycles. The van der Waals surface area contributed by atoms with Gasteiger partial charge in [-0.3, -0.25) is 0 Å². The van der Waals surface area contributed by atoms with E-state index in [1.807, 2.05) is 0 Å². The predicted molar refractivity (Wildman–Crippen MR) is 59.2 cm³/mol. The lowest BCUT2D eigenvalue weighted by atomic mass is 10.0. The summed E-state index contributed by atoms with van der Waals surface area (Å²) in [5.74, 6) is -0.243. The van der Waals surface area contributed by atoms with Crippen LogP contribution in [0.1, 0.15) is 18.4 Å². The lowest BCUT2D eigenvalue weighted by Crippen LogP contribution is -2.15. The molecule has 1 aliphatic carbocycles. The molecule has 1 aromatic rings. The Morgan fingerprint density at radius 2 is 2.00 bits per heavy atom. The molecule has 0 bridgehead atoms. The van der Waals surface area contributed by atoms with Gasteiger partial charge in [0, 0.05) is 0 Å². The Bertz CT molecular complexity index is 583. The maximum absolute atomic E-state index is 13.6. The van der Waals surface area contributed by atoms with Crippen LogP contribution in [0.5, 0.6) is 0 Å². The second kappa shape index (κ2) is 3.17. The lowest BCUT2D eigenvalue weighted by molar-refractivity contribution is 0.566. The van der Waals surface area contributed by atoms with Crippen molar-refractivity contribution in [2.24, 2.45) is 5.92 Å². The van der Waals surface area contributed by atoms with Crippen molar-refractivity contribution in [1.29, 1.82) is 0 Å². The average Bonchev–Trinajstić information content (AvgIpc) is 3.01. The zero-order valence-electron chi connectivity index (χ0n) is 8.61. The first-order valence-corrected chi connectivity index (χ1v) is 6.96. The normalized spacial score (nSPS) is 22.4. The molecule has 84 valence electrons. The van der Waals surface area contributed by atoms with Crippen molar-refractivity contribution < 1.29 is 12.8 Å². The van der Waals surface area contributed by atoms with Gasteiger partial charge in [0.15, 0.2) is 9.84 Å². The van der Waals surface area contributed by atoms with Crippen molar-refractivity contribution in [3.8, 4) is 0 Å². The molecule has 0 N–H and O–H groups in total. The molecule has 0 radical (unpaired) electrons. The third kappa shape index (κ3) is 1.40. The Hall–Kier alpha value is -1.16. The highest BCUT2D eigenvalue weighted by molar-refractivity contribution is 7.91. The van der Waals surface area contributed by atoms with Crippen LogP contribution < -0.4 is 0 Å². The number of allylic oxidation sites excluding steroid dienone is 1. The molecule has 2 nitrogen and oxygen atoms in total. The number of fused-ring (bicyclic) bond motifs is 1. The number of benzene rings is 1. The van der Waals surface area contributed by atoms with Crippen LogP contribution in [-0.2, 0) is 9.84 Å². The van der Waals surface area contributed by atoms with Gasteiger partial charge >= 0.3 is 0 Å². The molecule has 0 spiro atoms. The van der Waals surface area contributed by atoms with Gasteiger partial charge < -0.3 is 0 Å². The van der Waals surface area contributed by atoms with Crippen molar-refractivity contribution in [2.45, 2.75) is 17.7 Å². The topological polar surface area (TPSA) is 34.1 Å². The number of halogens is 1. The number of hydrogen-bond acceptors (Lipinski definition) is 2. The summed E-state index contributed by atoms with van der Waals surface area (Å²) >= 11 is 0. The van der Waals surface area contributed by atoms with Crippen molar-refractivity contribution in [1.82, 2.24) is 0 Å². The fraction of sp³-hybridized carbons (Fsp3) is 0.333. The molecule has 0 atom stereocenters. The summed E-state index contributed by atoms with van der Waals surface area (Å²) in [5.41, 5.74) is 1.60. The van der Waals surface area contributed by atoms with E-state index in [1.54, 1.807) is 18.2 Å². The van der Waals surface area contributed by atoms with E-state index in [-0.39, 0.29) is 10.6 Å². The molecule has 1 saturated carbocycles. The van der Waals surface area contributed by atoms with Gasteiger partial charge in [0.2, 0.25) is 0 Å². The molecule has 0 amide bonds. The molecule has 16 heavy (non-hydrogen) atoms. The van der Waals surface area contributed by atoms with Gasteiger partial charge in [-0.05, 0) is 36.0 Å². The van der Waals surface area contributed by atoms with Gasteiger partial charge in [-0.25, -0.2) is 12.8 Å². The first-order valence-electron chi connectivity index (χ1n) is 5.31. The molecule has 3 rings (SSSR count). The van der Waals surface area contributed by atoms with Gasteiger partial charge in [-0.15, -0.1) is 0 Å². The summed E-state index contributed by atoms with van der Waals surface area (Å²) in [6, 6.07) is 4.50. The van der Waals surface area contributed by atoms with Crippen LogP contribution >= 0.6 is 0 Å². The van der Waals surface area contributed by atoms with Gasteiger partial charge in [0.25, 0.3) is 0 Å². The van der Waals surface area contributed by atoms with Crippen LogP contribution in [0.25, 0.3) is 5.57 Å². The van der Waals surface area contributed by atoms with Crippen molar-refractivity contribution >= 4 is 15.4 Å². The van der Waals surface area contributed by atoms with Gasteiger partial charge in [-0.2, -0.15) is 0 Å². The van der Waals surface area contributed by atoms with E-state index >= 15 is 0 Å². The first kappa shape index (κ1) is 10.0. The minimum Gasteiger partial charge on any atom is -0.223 e. The fourth-order valence-corrected chi connectivity index (χ4v) is 3.68. The van der Waals surface area contributed by atoms with Crippen molar-refractivity contribution in [2.75, 3.05) is 5.75 Å². The summed E-state index contributed by atoms with van der Waals surface area (Å²) in [7, 11) is -3.46. The molecule has 1 aliphatic heterocycles. The van der Waals surface area contributed by atoms with E-state index in [9.17, 15) is 12.8 Å². The van der Waals surface area contributed by atoms with Crippen LogP contribution in [0.4, 0.5) is 4.39 Å². The summed E-state index contributed by atoms with van der Waals surface area (Å²) in [4.78, 5) is -0.0978. The van der Waals surface area contributed by atoms with Gasteiger partial charge in [0.1, 0.15) is 10.7 Å². The smallest absolute Gasteiger partial charge is 0.185 e. The van der Waals surface area contributed by atoms with Crippen LogP contribution in [-0.4, -0.2) is 14.2 Å². The molecular formula is C12H11FO2S. The second-order valence-electron chi connectivity index (χ2n) is 4.33. The molecular weight excluding hydrogens is 227 g/mol. The summed E-state index contributed by atoms with van der Waals surface area (Å²) in [5, 5.41) is 0. The molecule has 1 heterocycles. The first-order chi connectivity index (χ1) is 7.59.